The molecule has 1 aliphatic rings. The summed E-state index contributed by atoms with van der Waals surface area (Å²) in [5.74, 6) is 0.488. The predicted octanol–water partition coefficient (Wildman–Crippen LogP) is 4.13. The maximum Gasteiger partial charge on any atom is 0.255 e. The van der Waals surface area contributed by atoms with Gasteiger partial charge in [-0.15, -0.1) is 0 Å². The van der Waals surface area contributed by atoms with E-state index in [-0.39, 0.29) is 17.7 Å². The number of benzene rings is 2. The Balaban J connectivity index is 1.94. The second kappa shape index (κ2) is 10.5. The first-order valence-electron chi connectivity index (χ1n) is 10.5. The van der Waals surface area contributed by atoms with Crippen LogP contribution in [0.15, 0.2) is 42.5 Å². The quantitative estimate of drug-likeness (QED) is 0.621. The van der Waals surface area contributed by atoms with Crippen LogP contribution in [0.1, 0.15) is 41.6 Å². The second-order valence-electron chi connectivity index (χ2n) is 7.66. The van der Waals surface area contributed by atoms with E-state index < -0.39 is 5.92 Å². The van der Waals surface area contributed by atoms with Crippen LogP contribution in [0, 0.1) is 5.92 Å². The molecule has 0 unspecified atom stereocenters. The van der Waals surface area contributed by atoms with E-state index in [9.17, 15) is 9.59 Å². The Morgan fingerprint density at radius 1 is 1.13 bits per heavy atom. The number of hydrogen-bond acceptors (Lipinski definition) is 4. The number of hydrogen-bond donors (Lipinski definition) is 1. The van der Waals surface area contributed by atoms with Gasteiger partial charge in [-0.25, -0.2) is 0 Å². The van der Waals surface area contributed by atoms with Crippen molar-refractivity contribution in [3.63, 3.8) is 0 Å². The molecule has 0 saturated carbocycles. The van der Waals surface area contributed by atoms with Crippen molar-refractivity contribution in [2.24, 2.45) is 5.92 Å². The molecule has 1 heterocycles. The maximum atomic E-state index is 13.2. The summed E-state index contributed by atoms with van der Waals surface area (Å²) in [5, 5.41) is 3.43. The molecule has 0 spiro atoms. The highest BCUT2D eigenvalue weighted by Gasteiger charge is 2.42. The highest BCUT2D eigenvalue weighted by molar-refractivity contribution is 6.33. The predicted molar refractivity (Wildman–Crippen MR) is 121 cm³/mol. The Bertz CT molecular complexity index is 934. The van der Waals surface area contributed by atoms with Gasteiger partial charge in [-0.3, -0.25) is 9.59 Å². The number of carbonyl (C=O) groups is 2. The molecule has 3 rings (SSSR count). The van der Waals surface area contributed by atoms with Crippen LogP contribution in [0.4, 0.5) is 0 Å². The number of halogens is 1. The van der Waals surface area contributed by atoms with Crippen molar-refractivity contribution >= 4 is 23.4 Å². The summed E-state index contributed by atoms with van der Waals surface area (Å²) in [6, 6.07) is 12.5. The van der Waals surface area contributed by atoms with Gasteiger partial charge in [0.2, 0.25) is 5.91 Å². The number of amides is 2. The molecule has 7 heteroatoms. The van der Waals surface area contributed by atoms with Crippen LogP contribution in [-0.4, -0.2) is 50.6 Å². The summed E-state index contributed by atoms with van der Waals surface area (Å²) in [4.78, 5) is 28.0. The molecule has 0 bridgehead atoms. The van der Waals surface area contributed by atoms with Crippen molar-refractivity contribution in [1.82, 2.24) is 10.2 Å². The van der Waals surface area contributed by atoms with Gasteiger partial charge >= 0.3 is 0 Å². The summed E-state index contributed by atoms with van der Waals surface area (Å²) in [6.07, 6.45) is 1.91. The lowest BCUT2D eigenvalue weighted by molar-refractivity contribution is -0.124. The fraction of sp³-hybridized carbons (Fsp3) is 0.417. The lowest BCUT2D eigenvalue weighted by Crippen LogP contribution is -2.36. The molecule has 0 aromatic heterocycles. The molecule has 1 fully saturated rings. The van der Waals surface area contributed by atoms with E-state index in [4.69, 9.17) is 21.1 Å². The average Bonchev–Trinajstić information content (AvgIpc) is 3.24. The first-order valence-corrected chi connectivity index (χ1v) is 10.9. The number of carbonyl (C=O) groups excluding carboxylic acids is 2. The van der Waals surface area contributed by atoms with E-state index in [2.05, 4.69) is 12.2 Å². The Morgan fingerprint density at radius 2 is 1.90 bits per heavy atom. The van der Waals surface area contributed by atoms with Gasteiger partial charge in [0.25, 0.3) is 5.91 Å². The van der Waals surface area contributed by atoms with Crippen LogP contribution in [0.3, 0.4) is 0 Å². The van der Waals surface area contributed by atoms with Crippen molar-refractivity contribution in [3.05, 3.63) is 58.6 Å². The third kappa shape index (κ3) is 5.13. The lowest BCUT2D eigenvalue weighted by Gasteiger charge is -2.21. The molecule has 1 aliphatic heterocycles. The molecule has 31 heavy (non-hydrogen) atoms. The summed E-state index contributed by atoms with van der Waals surface area (Å²) in [7, 11) is 3.20. The Labute approximate surface area is 188 Å². The molecule has 166 valence electrons. The standard InChI is InChI=1S/C24H29ClN2O4/c1-4-5-12-26-23(28)20-15-27(24(29)17-8-6-7-9-21(17)25)14-19(20)18-13-16(30-2)10-11-22(18)31-3/h6-11,13,19-20H,4-5,12,14-15H2,1-3H3,(H,26,28)/t19-,20+/m1/s1. The lowest BCUT2D eigenvalue weighted by atomic mass is 9.87. The van der Waals surface area contributed by atoms with E-state index in [1.165, 1.54) is 0 Å². The fourth-order valence-electron chi connectivity index (χ4n) is 4.00. The van der Waals surface area contributed by atoms with E-state index in [1.807, 2.05) is 18.2 Å². The number of nitrogens with zero attached hydrogens (tertiary/aromatic N) is 1. The maximum absolute atomic E-state index is 13.2. The third-order valence-electron chi connectivity index (χ3n) is 5.71. The summed E-state index contributed by atoms with van der Waals surface area (Å²) < 4.78 is 11.0. The van der Waals surface area contributed by atoms with Gasteiger partial charge in [-0.1, -0.05) is 37.1 Å². The molecular formula is C24H29ClN2O4. The van der Waals surface area contributed by atoms with Crippen LogP contribution in [0.25, 0.3) is 0 Å². The SMILES string of the molecule is CCCCNC(=O)[C@H]1CN(C(=O)c2ccccc2Cl)C[C@@H]1c1cc(OC)ccc1OC. The summed E-state index contributed by atoms with van der Waals surface area (Å²) in [6.45, 7) is 3.40. The van der Waals surface area contributed by atoms with Crippen molar-refractivity contribution in [3.8, 4) is 11.5 Å². The first-order chi connectivity index (χ1) is 15.0. The van der Waals surface area contributed by atoms with E-state index in [1.54, 1.807) is 43.4 Å². The number of methoxy groups -OCH3 is 2. The summed E-state index contributed by atoms with van der Waals surface area (Å²) >= 11 is 6.26. The average molecular weight is 445 g/mol. The number of rotatable bonds is 8. The van der Waals surface area contributed by atoms with Crippen LogP contribution in [0.2, 0.25) is 5.02 Å². The molecule has 6 nitrogen and oxygen atoms in total. The second-order valence-corrected chi connectivity index (χ2v) is 8.06. The molecule has 2 atom stereocenters. The van der Waals surface area contributed by atoms with E-state index >= 15 is 0 Å². The largest absolute Gasteiger partial charge is 0.497 e. The molecule has 1 N–H and O–H groups in total. The molecule has 2 amide bonds. The molecule has 1 saturated heterocycles. The van der Waals surface area contributed by atoms with Gasteiger partial charge in [0.05, 0.1) is 30.7 Å². The van der Waals surface area contributed by atoms with E-state index in [0.29, 0.717) is 41.7 Å². The highest BCUT2D eigenvalue weighted by Crippen LogP contribution is 2.40. The summed E-state index contributed by atoms with van der Waals surface area (Å²) in [5.41, 5.74) is 1.29. The van der Waals surface area contributed by atoms with Crippen LogP contribution < -0.4 is 14.8 Å². The number of ether oxygens (including phenoxy) is 2. The van der Waals surface area contributed by atoms with Crippen molar-refractivity contribution in [2.75, 3.05) is 33.9 Å². The van der Waals surface area contributed by atoms with Crippen LogP contribution in [-0.2, 0) is 4.79 Å². The van der Waals surface area contributed by atoms with Gasteiger partial charge in [-0.05, 0) is 36.8 Å². The molecule has 2 aromatic carbocycles. The van der Waals surface area contributed by atoms with Crippen molar-refractivity contribution in [2.45, 2.75) is 25.7 Å². The topological polar surface area (TPSA) is 67.9 Å². The van der Waals surface area contributed by atoms with Crippen molar-refractivity contribution in [1.29, 1.82) is 0 Å². The molecule has 0 radical (unpaired) electrons. The number of nitrogens with one attached hydrogen (secondary N) is 1. The zero-order valence-corrected chi connectivity index (χ0v) is 18.9. The minimum atomic E-state index is -0.399. The third-order valence-corrected chi connectivity index (χ3v) is 6.04. The van der Waals surface area contributed by atoms with Gasteiger partial charge in [0.1, 0.15) is 11.5 Å². The molecule has 2 aromatic rings. The van der Waals surface area contributed by atoms with Gasteiger partial charge in [0, 0.05) is 31.1 Å². The molecular weight excluding hydrogens is 416 g/mol. The smallest absolute Gasteiger partial charge is 0.255 e. The Kier molecular flexibility index (Phi) is 7.80. The highest BCUT2D eigenvalue weighted by atomic mass is 35.5. The minimum absolute atomic E-state index is 0.0576. The van der Waals surface area contributed by atoms with Gasteiger partial charge < -0.3 is 19.7 Å². The first kappa shape index (κ1) is 22.9. The zero-order chi connectivity index (χ0) is 22.4. The van der Waals surface area contributed by atoms with Crippen LogP contribution >= 0.6 is 11.6 Å². The fourth-order valence-corrected chi connectivity index (χ4v) is 4.22. The number of unbranched alkanes of at least 4 members (excludes halogenated alkanes) is 1. The normalized spacial score (nSPS) is 18.0. The van der Waals surface area contributed by atoms with Crippen LogP contribution in [0.5, 0.6) is 11.5 Å². The Hall–Kier alpha value is -2.73. The zero-order valence-electron chi connectivity index (χ0n) is 18.2. The van der Waals surface area contributed by atoms with Gasteiger partial charge in [-0.2, -0.15) is 0 Å². The molecule has 0 aliphatic carbocycles. The minimum Gasteiger partial charge on any atom is -0.497 e. The Morgan fingerprint density at radius 3 is 2.58 bits per heavy atom. The monoisotopic (exact) mass is 444 g/mol. The van der Waals surface area contributed by atoms with E-state index in [0.717, 1.165) is 18.4 Å². The van der Waals surface area contributed by atoms with Crippen molar-refractivity contribution < 1.29 is 19.1 Å². The van der Waals surface area contributed by atoms with Gasteiger partial charge in [0.15, 0.2) is 0 Å². The number of likely N-dealkylation sites (tertiary alicyclic amines) is 1.